The van der Waals surface area contributed by atoms with Gasteiger partial charge in [-0.3, -0.25) is 0 Å². The van der Waals surface area contributed by atoms with Crippen LogP contribution >= 0.6 is 23.4 Å². The maximum Gasteiger partial charge on any atom is 0.0454 e. The summed E-state index contributed by atoms with van der Waals surface area (Å²) in [5.41, 5.74) is 0. The molecule has 0 aromatic heterocycles. The van der Waals surface area contributed by atoms with Crippen LogP contribution in [0.5, 0.6) is 0 Å². The van der Waals surface area contributed by atoms with E-state index in [0.717, 1.165) is 5.25 Å². The van der Waals surface area contributed by atoms with Crippen molar-refractivity contribution in [2.24, 2.45) is 0 Å². The lowest BCUT2D eigenvalue weighted by Gasteiger charge is -2.07. The molecule has 0 aliphatic heterocycles. The number of hydrogen-bond donors (Lipinski definition) is 0. The molecule has 0 aromatic rings. The molecule has 0 N–H and O–H groups in total. The van der Waals surface area contributed by atoms with E-state index in [-0.39, 0.29) is 0 Å². The average Bonchev–Trinajstić information content (AvgIpc) is 2.14. The highest BCUT2D eigenvalue weighted by Crippen LogP contribution is 2.31. The molecular formula is C6H11ClS. The van der Waals surface area contributed by atoms with E-state index in [0.29, 0.717) is 5.38 Å². The van der Waals surface area contributed by atoms with Crippen molar-refractivity contribution < 1.29 is 0 Å². The summed E-state index contributed by atoms with van der Waals surface area (Å²) >= 11 is 7.87. The lowest BCUT2D eigenvalue weighted by atomic mass is 10.4. The van der Waals surface area contributed by atoms with Gasteiger partial charge >= 0.3 is 0 Å². The molecule has 0 spiro atoms. The largest absolute Gasteiger partial charge is 0.160 e. The summed E-state index contributed by atoms with van der Waals surface area (Å²) in [5.74, 6) is 0. The Morgan fingerprint density at radius 2 is 2.25 bits per heavy atom. The Hall–Kier alpha value is 0.640. The van der Waals surface area contributed by atoms with Gasteiger partial charge in [-0.25, -0.2) is 0 Å². The molecule has 2 atom stereocenters. The van der Waals surface area contributed by atoms with Crippen molar-refractivity contribution in [3.05, 3.63) is 0 Å². The van der Waals surface area contributed by atoms with Crippen molar-refractivity contribution >= 4 is 23.4 Å². The Bertz CT molecular complexity index is 74.9. The van der Waals surface area contributed by atoms with Gasteiger partial charge in [0.05, 0.1) is 0 Å². The van der Waals surface area contributed by atoms with Crippen LogP contribution in [0.15, 0.2) is 0 Å². The molecule has 0 heterocycles. The van der Waals surface area contributed by atoms with Crippen LogP contribution in [0.3, 0.4) is 0 Å². The van der Waals surface area contributed by atoms with Crippen molar-refractivity contribution in [3.8, 4) is 0 Å². The number of rotatable bonds is 1. The van der Waals surface area contributed by atoms with Gasteiger partial charge in [-0.15, -0.1) is 11.6 Å². The zero-order valence-electron chi connectivity index (χ0n) is 5.06. The van der Waals surface area contributed by atoms with Gasteiger partial charge in [-0.2, -0.15) is 11.8 Å². The Morgan fingerprint density at radius 3 is 2.50 bits per heavy atom. The van der Waals surface area contributed by atoms with Crippen molar-refractivity contribution in [2.75, 3.05) is 6.26 Å². The zero-order chi connectivity index (χ0) is 5.98. The zero-order valence-corrected chi connectivity index (χ0v) is 6.63. The lowest BCUT2D eigenvalue weighted by Crippen LogP contribution is -2.07. The smallest absolute Gasteiger partial charge is 0.0454 e. The van der Waals surface area contributed by atoms with Crippen molar-refractivity contribution in [1.29, 1.82) is 0 Å². The Morgan fingerprint density at radius 1 is 1.50 bits per heavy atom. The first kappa shape index (κ1) is 6.76. The van der Waals surface area contributed by atoms with Crippen LogP contribution in [0.1, 0.15) is 19.3 Å². The Kier molecular flexibility index (Phi) is 2.51. The number of hydrogen-bond acceptors (Lipinski definition) is 1. The highest BCUT2D eigenvalue weighted by molar-refractivity contribution is 7.99. The fraction of sp³-hybridized carbons (Fsp3) is 1.00. The molecule has 0 saturated heterocycles. The molecule has 8 heavy (non-hydrogen) atoms. The first-order valence-electron chi connectivity index (χ1n) is 3.01. The van der Waals surface area contributed by atoms with Crippen LogP contribution in [0, 0.1) is 0 Å². The van der Waals surface area contributed by atoms with Gasteiger partial charge in [0.15, 0.2) is 0 Å². The molecule has 1 aliphatic carbocycles. The molecule has 0 nitrogen and oxygen atoms in total. The molecule has 0 radical (unpaired) electrons. The van der Waals surface area contributed by atoms with E-state index in [4.69, 9.17) is 11.6 Å². The van der Waals surface area contributed by atoms with E-state index < -0.39 is 0 Å². The second-order valence-electron chi connectivity index (χ2n) is 2.22. The predicted octanol–water partition coefficient (Wildman–Crippen LogP) is 2.51. The maximum absolute atomic E-state index is 5.96. The van der Waals surface area contributed by atoms with Crippen LogP contribution in [-0.2, 0) is 0 Å². The molecule has 0 aromatic carbocycles. The first-order valence-corrected chi connectivity index (χ1v) is 4.74. The van der Waals surface area contributed by atoms with Crippen LogP contribution in [-0.4, -0.2) is 16.9 Å². The van der Waals surface area contributed by atoms with Crippen LogP contribution < -0.4 is 0 Å². The first-order chi connectivity index (χ1) is 3.84. The molecule has 0 unspecified atom stereocenters. The molecule has 0 bridgehead atoms. The fourth-order valence-corrected chi connectivity index (χ4v) is 2.57. The van der Waals surface area contributed by atoms with E-state index in [9.17, 15) is 0 Å². The normalized spacial score (nSPS) is 38.2. The molecule has 1 rings (SSSR count). The van der Waals surface area contributed by atoms with E-state index in [1.807, 2.05) is 11.8 Å². The van der Waals surface area contributed by atoms with Crippen LogP contribution in [0.2, 0.25) is 0 Å². The second kappa shape index (κ2) is 2.98. The van der Waals surface area contributed by atoms with E-state index in [1.165, 1.54) is 19.3 Å². The minimum Gasteiger partial charge on any atom is -0.160 e. The van der Waals surface area contributed by atoms with Gasteiger partial charge in [0.25, 0.3) is 0 Å². The number of alkyl halides is 1. The monoisotopic (exact) mass is 150 g/mol. The summed E-state index contributed by atoms with van der Waals surface area (Å²) in [6, 6.07) is 0. The van der Waals surface area contributed by atoms with Crippen LogP contribution in [0.25, 0.3) is 0 Å². The standard InChI is InChI=1S/C6H11ClS/c1-8-6-4-2-3-5(6)7/h5-6H,2-4H2,1H3/t5-,6-/m1/s1. The van der Waals surface area contributed by atoms with Gasteiger partial charge < -0.3 is 0 Å². The molecule has 1 fully saturated rings. The molecular weight excluding hydrogens is 140 g/mol. The van der Waals surface area contributed by atoms with E-state index >= 15 is 0 Å². The highest BCUT2D eigenvalue weighted by atomic mass is 35.5. The minimum atomic E-state index is 0.463. The fourth-order valence-electron chi connectivity index (χ4n) is 1.15. The molecule has 48 valence electrons. The summed E-state index contributed by atoms with van der Waals surface area (Å²) < 4.78 is 0. The number of halogens is 1. The SMILES string of the molecule is CS[C@@H]1CCC[C@H]1Cl. The third-order valence-electron chi connectivity index (χ3n) is 1.67. The summed E-state index contributed by atoms with van der Waals surface area (Å²) in [7, 11) is 0. The van der Waals surface area contributed by atoms with Crippen LogP contribution in [0.4, 0.5) is 0 Å². The molecule has 1 saturated carbocycles. The Labute approximate surface area is 60.0 Å². The van der Waals surface area contributed by atoms with Crippen molar-refractivity contribution in [3.63, 3.8) is 0 Å². The molecule has 2 heteroatoms. The third-order valence-corrected chi connectivity index (χ3v) is 3.52. The van der Waals surface area contributed by atoms with Crippen molar-refractivity contribution in [1.82, 2.24) is 0 Å². The minimum absolute atomic E-state index is 0.463. The summed E-state index contributed by atoms with van der Waals surface area (Å²) in [4.78, 5) is 0. The van der Waals surface area contributed by atoms with Gasteiger partial charge in [-0.1, -0.05) is 6.42 Å². The average molecular weight is 151 g/mol. The van der Waals surface area contributed by atoms with Gasteiger partial charge in [-0.05, 0) is 19.1 Å². The van der Waals surface area contributed by atoms with Gasteiger partial charge in [0.1, 0.15) is 0 Å². The number of thioether (sulfide) groups is 1. The molecule has 1 aliphatic rings. The van der Waals surface area contributed by atoms with E-state index in [2.05, 4.69) is 6.26 Å². The molecule has 0 amide bonds. The van der Waals surface area contributed by atoms with Gasteiger partial charge in [0.2, 0.25) is 0 Å². The summed E-state index contributed by atoms with van der Waals surface area (Å²) in [6.45, 7) is 0. The predicted molar refractivity (Wildman–Crippen MR) is 40.8 cm³/mol. The second-order valence-corrected chi connectivity index (χ2v) is 3.86. The lowest BCUT2D eigenvalue weighted by molar-refractivity contribution is 0.888. The summed E-state index contributed by atoms with van der Waals surface area (Å²) in [5, 5.41) is 1.21. The third kappa shape index (κ3) is 1.32. The maximum atomic E-state index is 5.96. The van der Waals surface area contributed by atoms with Crippen molar-refractivity contribution in [2.45, 2.75) is 29.9 Å². The highest BCUT2D eigenvalue weighted by Gasteiger charge is 2.23. The van der Waals surface area contributed by atoms with E-state index in [1.54, 1.807) is 0 Å². The Balaban J connectivity index is 2.30. The van der Waals surface area contributed by atoms with Gasteiger partial charge in [0, 0.05) is 10.6 Å². The topological polar surface area (TPSA) is 0 Å². The summed E-state index contributed by atoms with van der Waals surface area (Å²) in [6.07, 6.45) is 6.04. The quantitative estimate of drug-likeness (QED) is 0.518.